The normalized spacial score (nSPS) is 20.5. The number of aliphatic hydroxyl groups excluding tert-OH is 1. The highest BCUT2D eigenvalue weighted by Crippen LogP contribution is 2.42. The lowest BCUT2D eigenvalue weighted by atomic mass is 10.3. The Bertz CT molecular complexity index is 296. The summed E-state index contributed by atoms with van der Waals surface area (Å²) >= 11 is 0. The van der Waals surface area contributed by atoms with Crippen LogP contribution in [0.1, 0.15) is 17.2 Å². The van der Waals surface area contributed by atoms with Crippen LogP contribution >= 0.6 is 0 Å². The summed E-state index contributed by atoms with van der Waals surface area (Å²) in [5, 5.41) is 8.85. The van der Waals surface area contributed by atoms with Crippen LogP contribution in [0.2, 0.25) is 0 Å². The molecule has 1 N–H and O–H groups in total. The van der Waals surface area contributed by atoms with E-state index in [1.807, 2.05) is 0 Å². The third kappa shape index (κ3) is 0.529. The summed E-state index contributed by atoms with van der Waals surface area (Å²) in [6.07, 6.45) is -0.857. The number of hydrogen-bond acceptors (Lipinski definition) is 1. The molecule has 0 heterocycles. The summed E-state index contributed by atoms with van der Waals surface area (Å²) in [6, 6.07) is 2.41. The van der Waals surface area contributed by atoms with Crippen LogP contribution in [-0.4, -0.2) is 5.11 Å². The molecule has 3 heteroatoms. The van der Waals surface area contributed by atoms with E-state index >= 15 is 0 Å². The zero-order chi connectivity index (χ0) is 7.30. The van der Waals surface area contributed by atoms with E-state index in [1.54, 1.807) is 0 Å². The van der Waals surface area contributed by atoms with Gasteiger partial charge in [0.2, 0.25) is 0 Å². The highest BCUT2D eigenvalue weighted by atomic mass is 19.2. The largest absolute Gasteiger partial charge is 0.384 e. The lowest BCUT2D eigenvalue weighted by Gasteiger charge is -1.84. The standard InChI is InChI=1S/C7H4F2O/c8-4-2-1-3-5(6(4)9)7(3)10/h1-2,7,10H. The van der Waals surface area contributed by atoms with Crippen molar-refractivity contribution in [3.8, 4) is 0 Å². The van der Waals surface area contributed by atoms with E-state index in [4.69, 9.17) is 5.11 Å². The zero-order valence-electron chi connectivity index (χ0n) is 4.94. The topological polar surface area (TPSA) is 20.2 Å². The fourth-order valence-corrected chi connectivity index (χ4v) is 1.02. The maximum absolute atomic E-state index is 12.5. The molecular formula is C7H4F2O. The number of benzene rings is 1. The maximum Gasteiger partial charge on any atom is 0.165 e. The van der Waals surface area contributed by atoms with E-state index in [0.717, 1.165) is 6.07 Å². The van der Waals surface area contributed by atoms with Crippen LogP contribution in [0.25, 0.3) is 0 Å². The van der Waals surface area contributed by atoms with Crippen molar-refractivity contribution >= 4 is 0 Å². The van der Waals surface area contributed by atoms with Crippen molar-refractivity contribution in [1.82, 2.24) is 0 Å². The molecule has 52 valence electrons. The van der Waals surface area contributed by atoms with Crippen LogP contribution < -0.4 is 0 Å². The van der Waals surface area contributed by atoms with Gasteiger partial charge in [-0.3, -0.25) is 0 Å². The molecule has 2 rings (SSSR count). The maximum atomic E-state index is 12.5. The summed E-state index contributed by atoms with van der Waals surface area (Å²) in [5.74, 6) is -1.81. The fraction of sp³-hybridized carbons (Fsp3) is 0.143. The second kappa shape index (κ2) is 1.55. The number of fused-ring (bicyclic) bond motifs is 1. The minimum absolute atomic E-state index is 0.111. The molecule has 0 fully saturated rings. The first-order valence-electron chi connectivity index (χ1n) is 2.87. The number of aliphatic hydroxyl groups is 1. The quantitative estimate of drug-likeness (QED) is 0.579. The highest BCUT2D eigenvalue weighted by molar-refractivity contribution is 5.50. The molecule has 1 aromatic carbocycles. The molecule has 0 aromatic heterocycles. The number of hydrogen-bond donors (Lipinski definition) is 1. The summed E-state index contributed by atoms with van der Waals surface area (Å²) < 4.78 is 24.8. The Morgan fingerprint density at radius 3 is 2.60 bits per heavy atom. The lowest BCUT2D eigenvalue weighted by Crippen LogP contribution is -1.79. The minimum atomic E-state index is -0.912. The van der Waals surface area contributed by atoms with Crippen molar-refractivity contribution in [3.63, 3.8) is 0 Å². The SMILES string of the molecule is OC1c2ccc(F)c(F)c21. The van der Waals surface area contributed by atoms with Crippen molar-refractivity contribution < 1.29 is 13.9 Å². The molecule has 1 nitrogen and oxygen atoms in total. The van der Waals surface area contributed by atoms with E-state index < -0.39 is 17.7 Å². The summed E-state index contributed by atoms with van der Waals surface area (Å²) in [7, 11) is 0. The molecule has 0 saturated carbocycles. The molecule has 0 saturated heterocycles. The summed E-state index contributed by atoms with van der Waals surface area (Å²) in [4.78, 5) is 0. The summed E-state index contributed by atoms with van der Waals surface area (Å²) in [5.41, 5.74) is 0.610. The zero-order valence-corrected chi connectivity index (χ0v) is 4.94. The second-order valence-electron chi connectivity index (χ2n) is 2.27. The molecule has 1 unspecified atom stereocenters. The van der Waals surface area contributed by atoms with Crippen molar-refractivity contribution in [2.45, 2.75) is 6.10 Å². The molecule has 1 atom stereocenters. The van der Waals surface area contributed by atoms with Gasteiger partial charge < -0.3 is 5.11 Å². The first kappa shape index (κ1) is 5.80. The predicted octanol–water partition coefficient (Wildman–Crippen LogP) is 1.36. The predicted molar refractivity (Wildman–Crippen MR) is 30.4 cm³/mol. The Kier molecular flexibility index (Phi) is 0.898. The van der Waals surface area contributed by atoms with Gasteiger partial charge in [-0.25, -0.2) is 8.78 Å². The van der Waals surface area contributed by atoms with E-state index in [2.05, 4.69) is 0 Å². The van der Waals surface area contributed by atoms with Crippen LogP contribution in [0.4, 0.5) is 8.78 Å². The van der Waals surface area contributed by atoms with Crippen LogP contribution in [0.15, 0.2) is 12.1 Å². The smallest absolute Gasteiger partial charge is 0.165 e. The van der Waals surface area contributed by atoms with Gasteiger partial charge in [0.25, 0.3) is 0 Å². The first-order valence-corrected chi connectivity index (χ1v) is 2.87. The third-order valence-corrected chi connectivity index (χ3v) is 1.65. The molecule has 0 spiro atoms. The fourth-order valence-electron chi connectivity index (χ4n) is 1.02. The van der Waals surface area contributed by atoms with Gasteiger partial charge in [0.05, 0.1) is 0 Å². The van der Waals surface area contributed by atoms with Gasteiger partial charge in [-0.1, -0.05) is 6.07 Å². The van der Waals surface area contributed by atoms with Crippen molar-refractivity contribution in [2.75, 3.05) is 0 Å². The van der Waals surface area contributed by atoms with E-state index in [9.17, 15) is 8.78 Å². The second-order valence-corrected chi connectivity index (χ2v) is 2.27. The molecule has 1 aliphatic rings. The van der Waals surface area contributed by atoms with E-state index in [0.29, 0.717) is 5.56 Å². The average molecular weight is 142 g/mol. The molecule has 1 aliphatic carbocycles. The van der Waals surface area contributed by atoms with Gasteiger partial charge in [-0.2, -0.15) is 0 Å². The monoisotopic (exact) mass is 142 g/mol. The molecule has 0 amide bonds. The van der Waals surface area contributed by atoms with Gasteiger partial charge in [0, 0.05) is 5.56 Å². The van der Waals surface area contributed by atoms with E-state index in [-0.39, 0.29) is 5.56 Å². The Morgan fingerprint density at radius 2 is 2.00 bits per heavy atom. The first-order chi connectivity index (χ1) is 4.72. The minimum Gasteiger partial charge on any atom is -0.384 e. The third-order valence-electron chi connectivity index (χ3n) is 1.65. The van der Waals surface area contributed by atoms with E-state index in [1.165, 1.54) is 6.07 Å². The lowest BCUT2D eigenvalue weighted by molar-refractivity contribution is 0.263. The van der Waals surface area contributed by atoms with Crippen molar-refractivity contribution in [3.05, 3.63) is 34.9 Å². The van der Waals surface area contributed by atoms with Gasteiger partial charge in [-0.05, 0) is 11.6 Å². The van der Waals surface area contributed by atoms with Crippen molar-refractivity contribution in [1.29, 1.82) is 0 Å². The molecule has 0 radical (unpaired) electrons. The molecular weight excluding hydrogens is 138 g/mol. The van der Waals surface area contributed by atoms with Gasteiger partial charge in [0.1, 0.15) is 6.10 Å². The highest BCUT2D eigenvalue weighted by Gasteiger charge is 2.35. The Morgan fingerprint density at radius 1 is 1.30 bits per heavy atom. The molecule has 0 bridgehead atoms. The van der Waals surface area contributed by atoms with Gasteiger partial charge >= 0.3 is 0 Å². The number of rotatable bonds is 0. The summed E-state index contributed by atoms with van der Waals surface area (Å²) in [6.45, 7) is 0. The van der Waals surface area contributed by atoms with Gasteiger partial charge in [-0.15, -0.1) is 0 Å². The van der Waals surface area contributed by atoms with Crippen LogP contribution in [-0.2, 0) is 0 Å². The van der Waals surface area contributed by atoms with Gasteiger partial charge in [0.15, 0.2) is 11.6 Å². The van der Waals surface area contributed by atoms with Crippen LogP contribution in [0.3, 0.4) is 0 Å². The Hall–Kier alpha value is -0.960. The Labute approximate surface area is 55.9 Å². The van der Waals surface area contributed by atoms with Crippen LogP contribution in [0.5, 0.6) is 0 Å². The molecule has 10 heavy (non-hydrogen) atoms. The molecule has 1 aromatic rings. The van der Waals surface area contributed by atoms with Crippen molar-refractivity contribution in [2.24, 2.45) is 0 Å². The van der Waals surface area contributed by atoms with Crippen LogP contribution in [0, 0.1) is 11.6 Å². The Balaban J connectivity index is 2.63. The molecule has 0 aliphatic heterocycles. The average Bonchev–Trinajstić information content (AvgIpc) is 2.54. The number of halogens is 2.